The molecule has 0 unspecified atom stereocenters. The van der Waals surface area contributed by atoms with Crippen LogP contribution >= 0.6 is 11.6 Å². The van der Waals surface area contributed by atoms with Crippen molar-refractivity contribution < 1.29 is 18.4 Å². The van der Waals surface area contributed by atoms with Crippen molar-refractivity contribution in [2.24, 2.45) is 0 Å². The molecule has 0 N–H and O–H groups in total. The van der Waals surface area contributed by atoms with Crippen molar-refractivity contribution in [2.45, 2.75) is 19.8 Å². The predicted octanol–water partition coefficient (Wildman–Crippen LogP) is 4.53. The highest BCUT2D eigenvalue weighted by Gasteiger charge is 2.29. The third-order valence-corrected chi connectivity index (χ3v) is 5.98. The highest BCUT2D eigenvalue weighted by molar-refractivity contribution is 6.33. The number of piperazine rings is 1. The van der Waals surface area contributed by atoms with Crippen molar-refractivity contribution in [3.8, 4) is 5.69 Å². The van der Waals surface area contributed by atoms with Crippen molar-refractivity contribution >= 4 is 23.4 Å². The Morgan fingerprint density at radius 2 is 1.42 bits per heavy atom. The average molecular weight is 473 g/mol. The van der Waals surface area contributed by atoms with Crippen molar-refractivity contribution in [2.75, 3.05) is 26.2 Å². The molecule has 0 saturated carbocycles. The highest BCUT2D eigenvalue weighted by Crippen LogP contribution is 2.25. The van der Waals surface area contributed by atoms with Gasteiger partial charge in [0.15, 0.2) is 0 Å². The molecular formula is C24H23ClF2N4O2. The van der Waals surface area contributed by atoms with Crippen LogP contribution in [0.1, 0.15) is 46.2 Å². The fourth-order valence-electron chi connectivity index (χ4n) is 3.98. The van der Waals surface area contributed by atoms with Crippen LogP contribution in [0, 0.1) is 11.6 Å². The molecule has 172 valence electrons. The molecule has 1 aliphatic rings. The van der Waals surface area contributed by atoms with Gasteiger partial charge in [-0.3, -0.25) is 9.59 Å². The van der Waals surface area contributed by atoms with Crippen molar-refractivity contribution in [1.29, 1.82) is 0 Å². The fourth-order valence-corrected chi connectivity index (χ4v) is 4.23. The summed E-state index contributed by atoms with van der Waals surface area (Å²) in [5, 5.41) is 4.45. The molecule has 3 aromatic rings. The number of halogens is 3. The van der Waals surface area contributed by atoms with Crippen LogP contribution in [0.3, 0.4) is 0 Å². The first kappa shape index (κ1) is 22.9. The Kier molecular flexibility index (Phi) is 6.47. The van der Waals surface area contributed by atoms with E-state index in [0.717, 1.165) is 11.8 Å². The summed E-state index contributed by atoms with van der Waals surface area (Å²) in [4.78, 5) is 29.4. The van der Waals surface area contributed by atoms with E-state index < -0.39 is 5.82 Å². The number of rotatable bonds is 4. The summed E-state index contributed by atoms with van der Waals surface area (Å²) in [5.41, 5.74) is 2.13. The fraction of sp³-hybridized carbons (Fsp3) is 0.292. The van der Waals surface area contributed by atoms with Crippen LogP contribution in [0.4, 0.5) is 8.78 Å². The number of aromatic nitrogens is 2. The maximum absolute atomic E-state index is 13.3. The number of carbonyl (C=O) groups excluding carboxylic acids is 2. The van der Waals surface area contributed by atoms with Gasteiger partial charge >= 0.3 is 0 Å². The third kappa shape index (κ3) is 4.61. The molecule has 0 aliphatic carbocycles. The zero-order valence-electron chi connectivity index (χ0n) is 18.3. The molecule has 2 amide bonds. The van der Waals surface area contributed by atoms with Crippen molar-refractivity contribution in [3.05, 3.63) is 82.1 Å². The zero-order valence-corrected chi connectivity index (χ0v) is 19.0. The highest BCUT2D eigenvalue weighted by atomic mass is 35.5. The van der Waals surface area contributed by atoms with Crippen molar-refractivity contribution in [3.63, 3.8) is 0 Å². The van der Waals surface area contributed by atoms with Gasteiger partial charge in [0.1, 0.15) is 11.6 Å². The molecule has 1 saturated heterocycles. The van der Waals surface area contributed by atoms with Gasteiger partial charge in [-0.1, -0.05) is 25.4 Å². The number of hydrogen-bond donors (Lipinski definition) is 0. The van der Waals surface area contributed by atoms with E-state index in [-0.39, 0.29) is 34.1 Å². The predicted molar refractivity (Wildman–Crippen MR) is 121 cm³/mol. The molecular weight excluding hydrogens is 450 g/mol. The van der Waals surface area contributed by atoms with E-state index in [2.05, 4.69) is 5.10 Å². The van der Waals surface area contributed by atoms with Gasteiger partial charge in [-0.15, -0.1) is 0 Å². The first-order valence-corrected chi connectivity index (χ1v) is 11.0. The summed E-state index contributed by atoms with van der Waals surface area (Å²) in [6.45, 7) is 5.31. The SMILES string of the molecule is CC(C)c1c(C(=O)N2CCN(C(=O)c3ccc(F)cc3Cl)CC2)cnn1-c1ccc(F)cc1. The lowest BCUT2D eigenvalue weighted by Gasteiger charge is -2.35. The summed E-state index contributed by atoms with van der Waals surface area (Å²) in [6, 6.07) is 9.63. The van der Waals surface area contributed by atoms with E-state index in [4.69, 9.17) is 11.6 Å². The smallest absolute Gasteiger partial charge is 0.257 e. The van der Waals surface area contributed by atoms with Crippen molar-refractivity contribution in [1.82, 2.24) is 19.6 Å². The first-order chi connectivity index (χ1) is 15.8. The maximum Gasteiger partial charge on any atom is 0.257 e. The molecule has 6 nitrogen and oxygen atoms in total. The largest absolute Gasteiger partial charge is 0.335 e. The molecule has 33 heavy (non-hydrogen) atoms. The number of hydrogen-bond acceptors (Lipinski definition) is 3. The molecule has 1 aromatic heterocycles. The van der Waals surface area contributed by atoms with E-state index in [1.54, 1.807) is 26.6 Å². The Morgan fingerprint density at radius 1 is 0.879 bits per heavy atom. The molecule has 2 aromatic carbocycles. The summed E-state index contributed by atoms with van der Waals surface area (Å²) in [7, 11) is 0. The zero-order chi connectivity index (χ0) is 23.7. The third-order valence-electron chi connectivity index (χ3n) is 5.67. The number of benzene rings is 2. The standard InChI is InChI=1S/C24H23ClF2N4O2/c1-15(2)22-20(14-28-31(22)18-6-3-16(26)4-7-18)24(33)30-11-9-29(10-12-30)23(32)19-8-5-17(27)13-21(19)25/h3-8,13-15H,9-12H2,1-2H3. The lowest BCUT2D eigenvalue weighted by molar-refractivity contribution is 0.0534. The Balaban J connectivity index is 1.50. The average Bonchev–Trinajstić information content (AvgIpc) is 3.24. The second-order valence-corrected chi connectivity index (χ2v) is 8.60. The van der Waals surface area contributed by atoms with Gasteiger partial charge in [0.05, 0.1) is 33.7 Å². The minimum absolute atomic E-state index is 0.0000112. The molecule has 0 radical (unpaired) electrons. The van der Waals surface area contributed by atoms with Crippen LogP contribution < -0.4 is 0 Å². The van der Waals surface area contributed by atoms with Gasteiger partial charge in [0, 0.05) is 26.2 Å². The van der Waals surface area contributed by atoms with Gasteiger partial charge in [0.25, 0.3) is 11.8 Å². The lowest BCUT2D eigenvalue weighted by Crippen LogP contribution is -2.50. The molecule has 1 fully saturated rings. The second-order valence-electron chi connectivity index (χ2n) is 8.19. The van der Waals surface area contributed by atoms with Crippen LogP contribution in [-0.4, -0.2) is 57.6 Å². The molecule has 4 rings (SSSR count). The van der Waals surface area contributed by atoms with Crippen LogP contribution in [0.15, 0.2) is 48.7 Å². The van der Waals surface area contributed by atoms with Crippen LogP contribution in [0.25, 0.3) is 5.69 Å². The lowest BCUT2D eigenvalue weighted by atomic mass is 10.0. The second kappa shape index (κ2) is 9.31. The van der Waals surface area contributed by atoms with E-state index in [1.165, 1.54) is 30.5 Å². The van der Waals surface area contributed by atoms with Gasteiger partial charge < -0.3 is 9.80 Å². The van der Waals surface area contributed by atoms with E-state index in [9.17, 15) is 18.4 Å². The Bertz CT molecular complexity index is 1190. The summed E-state index contributed by atoms with van der Waals surface area (Å²) in [6.07, 6.45) is 1.54. The van der Waals surface area contributed by atoms with Gasteiger partial charge in [0.2, 0.25) is 0 Å². The van der Waals surface area contributed by atoms with E-state index >= 15 is 0 Å². The normalized spacial score (nSPS) is 14.1. The van der Waals surface area contributed by atoms with Crippen LogP contribution in [0.5, 0.6) is 0 Å². The number of carbonyl (C=O) groups is 2. The van der Waals surface area contributed by atoms with E-state index in [1.807, 2.05) is 13.8 Å². The Hall–Kier alpha value is -3.26. The van der Waals surface area contributed by atoms with Gasteiger partial charge in [-0.2, -0.15) is 5.10 Å². The van der Waals surface area contributed by atoms with Gasteiger partial charge in [-0.25, -0.2) is 13.5 Å². The minimum Gasteiger partial charge on any atom is -0.335 e. The topological polar surface area (TPSA) is 58.4 Å². The molecule has 9 heteroatoms. The summed E-state index contributed by atoms with van der Waals surface area (Å²) < 4.78 is 28.3. The maximum atomic E-state index is 13.3. The Morgan fingerprint density at radius 3 is 1.97 bits per heavy atom. The molecule has 2 heterocycles. The summed E-state index contributed by atoms with van der Waals surface area (Å²) in [5.74, 6) is -1.31. The number of nitrogens with zero attached hydrogens (tertiary/aromatic N) is 4. The molecule has 0 bridgehead atoms. The molecule has 0 atom stereocenters. The van der Waals surface area contributed by atoms with Gasteiger partial charge in [-0.05, 0) is 48.4 Å². The van der Waals surface area contributed by atoms with Crippen LogP contribution in [-0.2, 0) is 0 Å². The monoisotopic (exact) mass is 472 g/mol. The minimum atomic E-state index is -0.505. The first-order valence-electron chi connectivity index (χ1n) is 10.6. The summed E-state index contributed by atoms with van der Waals surface area (Å²) >= 11 is 6.03. The number of amides is 2. The Labute approximate surface area is 195 Å². The quantitative estimate of drug-likeness (QED) is 0.560. The molecule has 1 aliphatic heterocycles. The molecule has 0 spiro atoms. The van der Waals surface area contributed by atoms with E-state index in [0.29, 0.717) is 37.4 Å². The van der Waals surface area contributed by atoms with Crippen LogP contribution in [0.2, 0.25) is 5.02 Å².